The molecule has 0 N–H and O–H groups in total. The molecule has 0 saturated heterocycles. The SMILES string of the molecule is ICCCCCCOCCOC(c1ccccc1)(c1ccccc1)c1ccccc1. The normalized spacial score (nSPS) is 11.5. The van der Waals surface area contributed by atoms with Gasteiger partial charge >= 0.3 is 0 Å². The summed E-state index contributed by atoms with van der Waals surface area (Å²) in [5.41, 5.74) is 2.72. The van der Waals surface area contributed by atoms with Gasteiger partial charge in [-0.15, -0.1) is 0 Å². The van der Waals surface area contributed by atoms with E-state index in [0.717, 1.165) is 29.7 Å². The fourth-order valence-electron chi connectivity index (χ4n) is 3.78. The average Bonchev–Trinajstić information content (AvgIpc) is 2.82. The second kappa shape index (κ2) is 12.9. The quantitative estimate of drug-likeness (QED) is 0.106. The highest BCUT2D eigenvalue weighted by atomic mass is 127. The Labute approximate surface area is 194 Å². The lowest BCUT2D eigenvalue weighted by Gasteiger charge is -2.36. The fraction of sp³-hybridized carbons (Fsp3) is 0.333. The molecule has 0 saturated carbocycles. The summed E-state index contributed by atoms with van der Waals surface area (Å²) in [6.07, 6.45) is 4.96. The van der Waals surface area contributed by atoms with E-state index in [0.29, 0.717) is 13.2 Å². The van der Waals surface area contributed by atoms with Gasteiger partial charge in [-0.25, -0.2) is 0 Å². The smallest absolute Gasteiger partial charge is 0.143 e. The van der Waals surface area contributed by atoms with Crippen molar-refractivity contribution in [1.82, 2.24) is 0 Å². The highest BCUT2D eigenvalue weighted by molar-refractivity contribution is 14.1. The zero-order chi connectivity index (χ0) is 20.9. The number of rotatable bonds is 13. The van der Waals surface area contributed by atoms with Gasteiger partial charge in [0.15, 0.2) is 0 Å². The van der Waals surface area contributed by atoms with Crippen LogP contribution in [0.3, 0.4) is 0 Å². The standard InChI is InChI=1S/C27H31IO2/c28-20-12-1-2-13-21-29-22-23-30-27(24-14-6-3-7-15-24,25-16-8-4-9-17-25)26-18-10-5-11-19-26/h3-11,14-19H,1-2,12-13,20-23H2. The number of hydrogen-bond donors (Lipinski definition) is 0. The van der Waals surface area contributed by atoms with Gasteiger partial charge in [-0.1, -0.05) is 126 Å². The van der Waals surface area contributed by atoms with E-state index >= 15 is 0 Å². The van der Waals surface area contributed by atoms with Crippen LogP contribution in [0.4, 0.5) is 0 Å². The summed E-state index contributed by atoms with van der Waals surface area (Å²) in [4.78, 5) is 0. The molecule has 0 aliphatic rings. The van der Waals surface area contributed by atoms with E-state index in [1.54, 1.807) is 0 Å². The first kappa shape index (κ1) is 23.0. The van der Waals surface area contributed by atoms with E-state index in [-0.39, 0.29) is 0 Å². The highest BCUT2D eigenvalue weighted by Crippen LogP contribution is 2.40. The number of unbranched alkanes of at least 4 members (excludes halogenated alkanes) is 3. The summed E-state index contributed by atoms with van der Waals surface area (Å²) in [6, 6.07) is 31.5. The Kier molecular flexibility index (Phi) is 9.87. The molecule has 2 nitrogen and oxygen atoms in total. The van der Waals surface area contributed by atoms with Crippen LogP contribution in [0, 0.1) is 0 Å². The third kappa shape index (κ3) is 6.16. The minimum Gasteiger partial charge on any atom is -0.379 e. The van der Waals surface area contributed by atoms with Crippen LogP contribution in [0.5, 0.6) is 0 Å². The second-order valence-corrected chi connectivity index (χ2v) is 8.42. The predicted molar refractivity (Wildman–Crippen MR) is 133 cm³/mol. The maximum Gasteiger partial charge on any atom is 0.143 e. The van der Waals surface area contributed by atoms with Gasteiger partial charge in [0.25, 0.3) is 0 Å². The van der Waals surface area contributed by atoms with E-state index in [9.17, 15) is 0 Å². The molecule has 3 aromatic rings. The largest absolute Gasteiger partial charge is 0.379 e. The molecule has 3 rings (SSSR count). The summed E-state index contributed by atoms with van der Waals surface area (Å²) >= 11 is 2.44. The van der Waals surface area contributed by atoms with Gasteiger partial charge in [-0.05, 0) is 34.0 Å². The molecule has 0 radical (unpaired) electrons. The van der Waals surface area contributed by atoms with Crippen molar-refractivity contribution in [3.8, 4) is 0 Å². The number of alkyl halides is 1. The van der Waals surface area contributed by atoms with Crippen LogP contribution in [-0.2, 0) is 15.1 Å². The predicted octanol–water partition coefficient (Wildman–Crippen LogP) is 7.01. The maximum atomic E-state index is 6.71. The summed E-state index contributed by atoms with van der Waals surface area (Å²) in [5, 5.41) is 0. The lowest BCUT2D eigenvalue weighted by atomic mass is 9.80. The molecule has 0 fully saturated rings. The molecule has 0 amide bonds. The molecular weight excluding hydrogens is 483 g/mol. The molecule has 3 heteroatoms. The number of hydrogen-bond acceptors (Lipinski definition) is 2. The number of halogens is 1. The summed E-state index contributed by atoms with van der Waals surface area (Å²) < 4.78 is 13.8. The molecule has 0 heterocycles. The van der Waals surface area contributed by atoms with Crippen LogP contribution in [0.15, 0.2) is 91.0 Å². The van der Waals surface area contributed by atoms with Crippen LogP contribution >= 0.6 is 22.6 Å². The summed E-state index contributed by atoms with van der Waals surface area (Å²) in [7, 11) is 0. The van der Waals surface area contributed by atoms with E-state index in [4.69, 9.17) is 9.47 Å². The Hall–Kier alpha value is -1.69. The van der Waals surface area contributed by atoms with Gasteiger partial charge in [0.1, 0.15) is 5.60 Å². The Bertz CT molecular complexity index is 725. The van der Waals surface area contributed by atoms with Gasteiger partial charge in [0.2, 0.25) is 0 Å². The van der Waals surface area contributed by atoms with Gasteiger partial charge in [0, 0.05) is 6.61 Å². The van der Waals surface area contributed by atoms with Gasteiger partial charge in [-0.2, -0.15) is 0 Å². The Balaban J connectivity index is 1.77. The second-order valence-electron chi connectivity index (χ2n) is 7.34. The zero-order valence-corrected chi connectivity index (χ0v) is 19.7. The van der Waals surface area contributed by atoms with Crippen LogP contribution in [0.25, 0.3) is 0 Å². The van der Waals surface area contributed by atoms with Crippen LogP contribution in [0.1, 0.15) is 42.4 Å². The zero-order valence-electron chi connectivity index (χ0n) is 17.5. The van der Waals surface area contributed by atoms with Crippen molar-refractivity contribution in [2.75, 3.05) is 24.2 Å². The van der Waals surface area contributed by atoms with Gasteiger partial charge in [0.05, 0.1) is 13.2 Å². The van der Waals surface area contributed by atoms with E-state index < -0.39 is 5.60 Å². The fourth-order valence-corrected chi connectivity index (χ4v) is 4.32. The monoisotopic (exact) mass is 514 g/mol. The summed E-state index contributed by atoms with van der Waals surface area (Å²) in [6.45, 7) is 1.94. The molecule has 0 atom stereocenters. The number of ether oxygens (including phenoxy) is 2. The minimum absolute atomic E-state index is 0.534. The molecule has 0 unspecified atom stereocenters. The van der Waals surface area contributed by atoms with E-state index in [1.807, 2.05) is 18.2 Å². The first-order chi connectivity index (χ1) is 14.9. The first-order valence-corrected chi connectivity index (χ1v) is 12.3. The molecule has 0 aliphatic heterocycles. The first-order valence-electron chi connectivity index (χ1n) is 10.8. The topological polar surface area (TPSA) is 18.5 Å². The van der Waals surface area contributed by atoms with Crippen molar-refractivity contribution in [3.63, 3.8) is 0 Å². The Morgan fingerprint density at radius 3 is 1.47 bits per heavy atom. The molecule has 0 spiro atoms. The molecule has 158 valence electrons. The third-order valence-electron chi connectivity index (χ3n) is 5.26. The van der Waals surface area contributed by atoms with Crippen molar-refractivity contribution >= 4 is 22.6 Å². The van der Waals surface area contributed by atoms with Crippen molar-refractivity contribution in [2.24, 2.45) is 0 Å². The van der Waals surface area contributed by atoms with Crippen LogP contribution in [0.2, 0.25) is 0 Å². The van der Waals surface area contributed by atoms with Crippen molar-refractivity contribution in [1.29, 1.82) is 0 Å². The highest BCUT2D eigenvalue weighted by Gasteiger charge is 2.37. The van der Waals surface area contributed by atoms with Crippen LogP contribution < -0.4 is 0 Å². The molecule has 0 aliphatic carbocycles. The summed E-state index contributed by atoms with van der Waals surface area (Å²) in [5.74, 6) is 0. The third-order valence-corrected chi connectivity index (χ3v) is 6.02. The molecule has 0 bridgehead atoms. The van der Waals surface area contributed by atoms with Crippen molar-refractivity contribution in [3.05, 3.63) is 108 Å². The maximum absolute atomic E-state index is 6.71. The van der Waals surface area contributed by atoms with Crippen LogP contribution in [-0.4, -0.2) is 24.2 Å². The molecule has 0 aromatic heterocycles. The lowest BCUT2D eigenvalue weighted by molar-refractivity contribution is -0.0242. The van der Waals surface area contributed by atoms with Crippen molar-refractivity contribution < 1.29 is 9.47 Å². The van der Waals surface area contributed by atoms with E-state index in [1.165, 1.54) is 23.7 Å². The molecular formula is C27H31IO2. The van der Waals surface area contributed by atoms with Crippen molar-refractivity contribution in [2.45, 2.75) is 31.3 Å². The Morgan fingerprint density at radius 2 is 1.00 bits per heavy atom. The average molecular weight is 514 g/mol. The number of benzene rings is 3. The van der Waals surface area contributed by atoms with Gasteiger partial charge in [-0.3, -0.25) is 0 Å². The van der Waals surface area contributed by atoms with E-state index in [2.05, 4.69) is 95.4 Å². The van der Waals surface area contributed by atoms with Gasteiger partial charge < -0.3 is 9.47 Å². The lowest BCUT2D eigenvalue weighted by Crippen LogP contribution is -2.34. The molecule has 3 aromatic carbocycles. The molecule has 30 heavy (non-hydrogen) atoms. The minimum atomic E-state index is -0.659. The Morgan fingerprint density at radius 1 is 0.533 bits per heavy atom.